The second-order valence-electron chi connectivity index (χ2n) is 5.51. The summed E-state index contributed by atoms with van der Waals surface area (Å²) in [6, 6.07) is 4.95. The van der Waals surface area contributed by atoms with Crippen molar-refractivity contribution in [1.82, 2.24) is 0 Å². The molecule has 4 nitrogen and oxygen atoms in total. The summed E-state index contributed by atoms with van der Waals surface area (Å²) in [7, 11) is 0. The largest absolute Gasteiger partial charge is 0.478 e. The van der Waals surface area contributed by atoms with Crippen LogP contribution >= 0.6 is 0 Å². The van der Waals surface area contributed by atoms with Crippen molar-refractivity contribution in [2.24, 2.45) is 5.41 Å². The molecule has 1 aliphatic carbocycles. The van der Waals surface area contributed by atoms with Gasteiger partial charge in [0.05, 0.1) is 5.56 Å². The molecule has 2 N–H and O–H groups in total. The lowest BCUT2D eigenvalue weighted by Crippen LogP contribution is -2.31. The van der Waals surface area contributed by atoms with Crippen LogP contribution < -0.4 is 5.32 Å². The molecule has 0 spiro atoms. The van der Waals surface area contributed by atoms with Gasteiger partial charge in [-0.2, -0.15) is 0 Å². The van der Waals surface area contributed by atoms with Crippen LogP contribution in [0.2, 0.25) is 0 Å². The molecule has 1 saturated carbocycles. The highest BCUT2D eigenvalue weighted by molar-refractivity contribution is 5.98. The van der Waals surface area contributed by atoms with Gasteiger partial charge in [-0.25, -0.2) is 4.79 Å². The van der Waals surface area contributed by atoms with Crippen molar-refractivity contribution in [1.29, 1.82) is 0 Å². The van der Waals surface area contributed by atoms with Gasteiger partial charge < -0.3 is 10.4 Å². The van der Waals surface area contributed by atoms with E-state index in [0.717, 1.165) is 25.7 Å². The number of carboxylic acid groups (broad SMARTS) is 1. The van der Waals surface area contributed by atoms with Crippen molar-refractivity contribution >= 4 is 17.6 Å². The fourth-order valence-electron chi connectivity index (χ4n) is 2.66. The van der Waals surface area contributed by atoms with Crippen LogP contribution in [0.4, 0.5) is 5.69 Å². The zero-order chi connectivity index (χ0) is 14.0. The Kier molecular flexibility index (Phi) is 3.60. The third-order valence-corrected chi connectivity index (χ3v) is 4.07. The normalized spacial score (nSPS) is 17.2. The molecular formula is C15H19NO3. The molecule has 1 fully saturated rings. The molecule has 0 heterocycles. The minimum Gasteiger partial charge on any atom is -0.478 e. The van der Waals surface area contributed by atoms with Gasteiger partial charge in [0.25, 0.3) is 0 Å². The number of nitrogens with one attached hydrogen (secondary N) is 1. The molecule has 1 aromatic rings. The van der Waals surface area contributed by atoms with Crippen LogP contribution in [0.15, 0.2) is 18.2 Å². The highest BCUT2D eigenvalue weighted by Crippen LogP contribution is 2.38. The van der Waals surface area contributed by atoms with Crippen molar-refractivity contribution in [2.75, 3.05) is 5.32 Å². The number of carbonyl (C=O) groups excluding carboxylic acids is 1. The number of hydrogen-bond acceptors (Lipinski definition) is 2. The average Bonchev–Trinajstić information content (AvgIpc) is 2.80. The Hall–Kier alpha value is -1.84. The number of anilines is 1. The van der Waals surface area contributed by atoms with E-state index in [9.17, 15) is 9.59 Å². The number of amides is 1. The zero-order valence-electron chi connectivity index (χ0n) is 11.3. The highest BCUT2D eigenvalue weighted by atomic mass is 16.4. The second-order valence-corrected chi connectivity index (χ2v) is 5.51. The van der Waals surface area contributed by atoms with Gasteiger partial charge in [-0.1, -0.05) is 25.8 Å². The van der Waals surface area contributed by atoms with E-state index >= 15 is 0 Å². The van der Waals surface area contributed by atoms with Gasteiger partial charge in [-0.15, -0.1) is 0 Å². The maximum absolute atomic E-state index is 12.3. The molecule has 0 radical (unpaired) electrons. The fraction of sp³-hybridized carbons (Fsp3) is 0.467. The van der Waals surface area contributed by atoms with Crippen LogP contribution in [-0.2, 0) is 4.79 Å². The monoisotopic (exact) mass is 261 g/mol. The van der Waals surface area contributed by atoms with Crippen LogP contribution in [0, 0.1) is 12.3 Å². The summed E-state index contributed by atoms with van der Waals surface area (Å²) >= 11 is 0. The molecule has 0 saturated heterocycles. The summed E-state index contributed by atoms with van der Waals surface area (Å²) in [5.41, 5.74) is 1.11. The maximum Gasteiger partial charge on any atom is 0.336 e. The van der Waals surface area contributed by atoms with E-state index in [1.54, 1.807) is 25.1 Å². The first kappa shape index (κ1) is 13.6. The number of carbonyl (C=O) groups is 2. The van der Waals surface area contributed by atoms with E-state index < -0.39 is 5.97 Å². The lowest BCUT2D eigenvalue weighted by atomic mass is 9.87. The first-order valence-corrected chi connectivity index (χ1v) is 6.58. The van der Waals surface area contributed by atoms with Crippen molar-refractivity contribution in [2.45, 2.75) is 39.5 Å². The van der Waals surface area contributed by atoms with Gasteiger partial charge >= 0.3 is 5.97 Å². The van der Waals surface area contributed by atoms with E-state index in [2.05, 4.69) is 5.32 Å². The Bertz CT molecular complexity index is 516. The molecule has 0 bridgehead atoms. The predicted octanol–water partition coefficient (Wildman–Crippen LogP) is 3.21. The Morgan fingerprint density at radius 1 is 1.26 bits per heavy atom. The molecule has 0 unspecified atom stereocenters. The minimum atomic E-state index is -0.972. The Morgan fingerprint density at radius 3 is 2.47 bits per heavy atom. The van der Waals surface area contributed by atoms with Crippen molar-refractivity contribution in [3.05, 3.63) is 29.3 Å². The SMILES string of the molecule is Cc1c(NC(=O)C2(C)CCCC2)cccc1C(=O)O. The molecule has 4 heteroatoms. The molecule has 1 aliphatic rings. The number of hydrogen-bond donors (Lipinski definition) is 2. The number of aromatic carboxylic acids is 1. The van der Waals surface area contributed by atoms with Gasteiger partial charge in [0.15, 0.2) is 0 Å². The summed E-state index contributed by atoms with van der Waals surface area (Å²) < 4.78 is 0. The average molecular weight is 261 g/mol. The third-order valence-electron chi connectivity index (χ3n) is 4.07. The summed E-state index contributed by atoms with van der Waals surface area (Å²) in [6.45, 7) is 3.70. The highest BCUT2D eigenvalue weighted by Gasteiger charge is 2.36. The van der Waals surface area contributed by atoms with Gasteiger partial charge in [0.1, 0.15) is 0 Å². The first-order chi connectivity index (χ1) is 8.94. The van der Waals surface area contributed by atoms with Crippen LogP contribution in [0.3, 0.4) is 0 Å². The maximum atomic E-state index is 12.3. The molecule has 2 rings (SSSR count). The predicted molar refractivity (Wildman–Crippen MR) is 73.3 cm³/mol. The van der Waals surface area contributed by atoms with E-state index in [1.165, 1.54) is 0 Å². The van der Waals surface area contributed by atoms with Gasteiger partial charge in [0, 0.05) is 11.1 Å². The summed E-state index contributed by atoms with van der Waals surface area (Å²) in [6.07, 6.45) is 3.96. The fourth-order valence-corrected chi connectivity index (χ4v) is 2.66. The van der Waals surface area contributed by atoms with Gasteiger partial charge in [0.2, 0.25) is 5.91 Å². The van der Waals surface area contributed by atoms with E-state index in [4.69, 9.17) is 5.11 Å². The Labute approximate surface area is 112 Å². The van der Waals surface area contributed by atoms with Crippen molar-refractivity contribution in [3.63, 3.8) is 0 Å². The summed E-state index contributed by atoms with van der Waals surface area (Å²) in [5, 5.41) is 12.0. The van der Waals surface area contributed by atoms with Crippen LogP contribution in [0.5, 0.6) is 0 Å². The molecule has 0 aromatic heterocycles. The van der Waals surface area contributed by atoms with E-state index in [-0.39, 0.29) is 16.9 Å². The zero-order valence-corrected chi connectivity index (χ0v) is 11.3. The molecular weight excluding hydrogens is 242 g/mol. The van der Waals surface area contributed by atoms with Crippen LogP contribution in [-0.4, -0.2) is 17.0 Å². The Morgan fingerprint density at radius 2 is 1.89 bits per heavy atom. The lowest BCUT2D eigenvalue weighted by molar-refractivity contribution is -0.124. The van der Waals surface area contributed by atoms with Crippen molar-refractivity contribution in [3.8, 4) is 0 Å². The molecule has 102 valence electrons. The summed E-state index contributed by atoms with van der Waals surface area (Å²) in [5.74, 6) is -0.976. The quantitative estimate of drug-likeness (QED) is 0.878. The smallest absolute Gasteiger partial charge is 0.336 e. The van der Waals surface area contributed by atoms with Gasteiger partial charge in [-0.3, -0.25) is 4.79 Å². The molecule has 1 amide bonds. The summed E-state index contributed by atoms with van der Waals surface area (Å²) in [4.78, 5) is 23.4. The number of carboxylic acids is 1. The number of benzene rings is 1. The first-order valence-electron chi connectivity index (χ1n) is 6.58. The van der Waals surface area contributed by atoms with E-state index in [1.807, 2.05) is 6.92 Å². The third kappa shape index (κ3) is 2.62. The van der Waals surface area contributed by atoms with Crippen LogP contribution in [0.1, 0.15) is 48.5 Å². The van der Waals surface area contributed by atoms with E-state index in [0.29, 0.717) is 11.3 Å². The van der Waals surface area contributed by atoms with Crippen molar-refractivity contribution < 1.29 is 14.7 Å². The molecule has 19 heavy (non-hydrogen) atoms. The standard InChI is InChI=1S/C15H19NO3/c1-10-11(13(17)18)6-5-7-12(10)16-14(19)15(2)8-3-4-9-15/h5-7H,3-4,8-9H2,1-2H3,(H,16,19)(H,17,18). The molecule has 0 atom stereocenters. The Balaban J connectivity index is 2.22. The number of rotatable bonds is 3. The minimum absolute atomic E-state index is 0.00404. The molecule has 0 aliphatic heterocycles. The molecule has 1 aromatic carbocycles. The second kappa shape index (κ2) is 5.03. The topological polar surface area (TPSA) is 66.4 Å². The van der Waals surface area contributed by atoms with Gasteiger partial charge in [-0.05, 0) is 37.5 Å². The lowest BCUT2D eigenvalue weighted by Gasteiger charge is -2.23. The van der Waals surface area contributed by atoms with Crippen LogP contribution in [0.25, 0.3) is 0 Å².